The van der Waals surface area contributed by atoms with Gasteiger partial charge in [0.05, 0.1) is 12.3 Å². The number of sulfone groups is 1. The molecule has 2 heterocycles. The molecule has 0 aromatic carbocycles. The third-order valence-electron chi connectivity index (χ3n) is 3.45. The molecule has 1 aromatic heterocycles. The molecule has 6 nitrogen and oxygen atoms in total. The topological polar surface area (TPSA) is 90.9 Å². The van der Waals surface area contributed by atoms with Crippen LogP contribution in [0.1, 0.15) is 50.0 Å². The molecule has 1 aliphatic rings. The van der Waals surface area contributed by atoms with E-state index in [1.165, 1.54) is 0 Å². The third-order valence-corrected chi connectivity index (χ3v) is 5.62. The Bertz CT molecular complexity index is 536. The molecular formula is C12H22N4O2S. The summed E-state index contributed by atoms with van der Waals surface area (Å²) < 4.78 is 26.3. The van der Waals surface area contributed by atoms with Gasteiger partial charge < -0.3 is 10.3 Å². The van der Waals surface area contributed by atoms with Crippen LogP contribution in [0.25, 0.3) is 0 Å². The summed E-state index contributed by atoms with van der Waals surface area (Å²) in [7, 11) is -3.09. The highest BCUT2D eigenvalue weighted by Gasteiger charge is 2.34. The van der Waals surface area contributed by atoms with Gasteiger partial charge in [-0.15, -0.1) is 10.2 Å². The van der Waals surface area contributed by atoms with Gasteiger partial charge in [-0.05, 0) is 18.8 Å². The van der Waals surface area contributed by atoms with Gasteiger partial charge in [0.2, 0.25) is 0 Å². The fourth-order valence-electron chi connectivity index (χ4n) is 2.55. The van der Waals surface area contributed by atoms with Crippen LogP contribution in [0.2, 0.25) is 0 Å². The first-order valence-corrected chi connectivity index (χ1v) is 8.51. The van der Waals surface area contributed by atoms with Crippen LogP contribution in [0.3, 0.4) is 0 Å². The van der Waals surface area contributed by atoms with Gasteiger partial charge in [-0.2, -0.15) is 0 Å². The number of nitrogens with zero attached hydrogens (tertiary/aromatic N) is 3. The second kappa shape index (κ2) is 5.58. The Labute approximate surface area is 114 Å². The van der Waals surface area contributed by atoms with Crippen LogP contribution in [0.15, 0.2) is 0 Å². The lowest BCUT2D eigenvalue weighted by atomic mass is 10.1. The van der Waals surface area contributed by atoms with Crippen LogP contribution >= 0.6 is 0 Å². The molecule has 108 valence electrons. The Hall–Kier alpha value is -0.950. The average Bonchev–Trinajstić information content (AvgIpc) is 2.70. The molecule has 1 unspecified atom stereocenters. The lowest BCUT2D eigenvalue weighted by Crippen LogP contribution is -2.26. The van der Waals surface area contributed by atoms with Gasteiger partial charge in [0.1, 0.15) is 11.1 Å². The summed E-state index contributed by atoms with van der Waals surface area (Å²) in [5.41, 5.74) is 5.66. The van der Waals surface area contributed by atoms with Gasteiger partial charge in [0.15, 0.2) is 15.7 Å². The summed E-state index contributed by atoms with van der Waals surface area (Å²) in [5, 5.41) is 7.66. The van der Waals surface area contributed by atoms with Crippen molar-refractivity contribution in [3.8, 4) is 0 Å². The Balaban J connectivity index is 2.41. The molecule has 1 saturated heterocycles. The van der Waals surface area contributed by atoms with Crippen molar-refractivity contribution < 1.29 is 8.42 Å². The second-order valence-electron chi connectivity index (χ2n) is 5.53. The Morgan fingerprint density at radius 3 is 2.68 bits per heavy atom. The molecule has 7 heteroatoms. The number of hydrogen-bond donors (Lipinski definition) is 1. The van der Waals surface area contributed by atoms with Crippen molar-refractivity contribution in [2.45, 2.75) is 51.4 Å². The first-order chi connectivity index (χ1) is 8.95. The molecule has 1 fully saturated rings. The van der Waals surface area contributed by atoms with Gasteiger partial charge in [-0.1, -0.05) is 20.3 Å². The van der Waals surface area contributed by atoms with Crippen molar-refractivity contribution in [3.63, 3.8) is 0 Å². The molecular weight excluding hydrogens is 264 g/mol. The van der Waals surface area contributed by atoms with E-state index in [0.717, 1.165) is 12.8 Å². The number of rotatable bonds is 4. The SMILES string of the molecule is CC(C)Cn1c(CN)nnc1C1CCCCS1(=O)=O. The van der Waals surface area contributed by atoms with Crippen LogP contribution in [0, 0.1) is 5.92 Å². The average molecular weight is 286 g/mol. The predicted octanol–water partition coefficient (Wildman–Crippen LogP) is 1.03. The van der Waals surface area contributed by atoms with Gasteiger partial charge in [0.25, 0.3) is 0 Å². The van der Waals surface area contributed by atoms with Crippen molar-refractivity contribution in [2.24, 2.45) is 11.7 Å². The van der Waals surface area contributed by atoms with Crippen molar-refractivity contribution in [2.75, 3.05) is 5.75 Å². The lowest BCUT2D eigenvalue weighted by Gasteiger charge is -2.23. The van der Waals surface area contributed by atoms with E-state index in [2.05, 4.69) is 24.0 Å². The molecule has 0 bridgehead atoms. The summed E-state index contributed by atoms with van der Waals surface area (Å²) in [6, 6.07) is 0. The van der Waals surface area contributed by atoms with Gasteiger partial charge in [-0.25, -0.2) is 8.42 Å². The van der Waals surface area contributed by atoms with E-state index in [0.29, 0.717) is 30.5 Å². The molecule has 2 N–H and O–H groups in total. The van der Waals surface area contributed by atoms with Crippen molar-refractivity contribution in [1.29, 1.82) is 0 Å². The van der Waals surface area contributed by atoms with Gasteiger partial charge >= 0.3 is 0 Å². The maximum atomic E-state index is 12.2. The molecule has 0 amide bonds. The quantitative estimate of drug-likeness (QED) is 0.892. The van der Waals surface area contributed by atoms with Gasteiger partial charge in [-0.3, -0.25) is 0 Å². The second-order valence-corrected chi connectivity index (χ2v) is 7.84. The zero-order valence-electron chi connectivity index (χ0n) is 11.5. The van der Waals surface area contributed by atoms with Crippen LogP contribution in [0.5, 0.6) is 0 Å². The zero-order chi connectivity index (χ0) is 14.0. The van der Waals surface area contributed by atoms with Gasteiger partial charge in [0, 0.05) is 6.54 Å². The summed E-state index contributed by atoms with van der Waals surface area (Å²) in [5.74, 6) is 1.90. The van der Waals surface area contributed by atoms with Crippen molar-refractivity contribution in [3.05, 3.63) is 11.6 Å². The molecule has 0 saturated carbocycles. The fourth-order valence-corrected chi connectivity index (χ4v) is 4.46. The van der Waals surface area contributed by atoms with Crippen LogP contribution in [-0.4, -0.2) is 28.9 Å². The minimum atomic E-state index is -3.09. The fraction of sp³-hybridized carbons (Fsp3) is 0.833. The van der Waals surface area contributed by atoms with Crippen LogP contribution < -0.4 is 5.73 Å². The first-order valence-electron chi connectivity index (χ1n) is 6.79. The largest absolute Gasteiger partial charge is 0.324 e. The van der Waals surface area contributed by atoms with E-state index in [4.69, 9.17) is 5.73 Å². The highest BCUT2D eigenvalue weighted by atomic mass is 32.2. The van der Waals surface area contributed by atoms with E-state index in [9.17, 15) is 8.42 Å². The highest BCUT2D eigenvalue weighted by Crippen LogP contribution is 2.32. The van der Waals surface area contributed by atoms with E-state index in [1.54, 1.807) is 0 Å². The highest BCUT2D eigenvalue weighted by molar-refractivity contribution is 7.91. The molecule has 1 atom stereocenters. The van der Waals surface area contributed by atoms with E-state index in [-0.39, 0.29) is 12.3 Å². The summed E-state index contributed by atoms with van der Waals surface area (Å²) in [6.07, 6.45) is 2.32. The standard InChI is InChI=1S/C12H22N4O2S/c1-9(2)8-16-11(7-13)14-15-12(16)10-5-3-4-6-19(10,17)18/h9-10H,3-8,13H2,1-2H3. The number of aromatic nitrogens is 3. The van der Waals surface area contributed by atoms with Crippen molar-refractivity contribution in [1.82, 2.24) is 14.8 Å². The maximum absolute atomic E-state index is 12.2. The van der Waals surface area contributed by atoms with Crippen LogP contribution in [-0.2, 0) is 22.9 Å². The van der Waals surface area contributed by atoms with Crippen LogP contribution in [0.4, 0.5) is 0 Å². The normalized spacial score (nSPS) is 22.8. The van der Waals surface area contributed by atoms with E-state index >= 15 is 0 Å². The predicted molar refractivity (Wildman–Crippen MR) is 73.1 cm³/mol. The molecule has 0 radical (unpaired) electrons. The Morgan fingerprint density at radius 1 is 1.37 bits per heavy atom. The number of nitrogens with two attached hydrogens (primary N) is 1. The number of hydrogen-bond acceptors (Lipinski definition) is 5. The molecule has 2 rings (SSSR count). The monoisotopic (exact) mass is 286 g/mol. The summed E-state index contributed by atoms with van der Waals surface area (Å²) in [6.45, 7) is 5.16. The minimum absolute atomic E-state index is 0.254. The first kappa shape index (κ1) is 14.5. The summed E-state index contributed by atoms with van der Waals surface area (Å²) in [4.78, 5) is 0. The smallest absolute Gasteiger partial charge is 0.160 e. The Kier molecular flexibility index (Phi) is 4.25. The molecule has 0 aliphatic carbocycles. The zero-order valence-corrected chi connectivity index (χ0v) is 12.4. The molecule has 0 spiro atoms. The maximum Gasteiger partial charge on any atom is 0.160 e. The third kappa shape index (κ3) is 2.97. The lowest BCUT2D eigenvalue weighted by molar-refractivity contribution is 0.473. The van der Waals surface area contributed by atoms with Crippen molar-refractivity contribution >= 4 is 9.84 Å². The molecule has 1 aliphatic heterocycles. The molecule has 19 heavy (non-hydrogen) atoms. The molecule has 1 aromatic rings. The minimum Gasteiger partial charge on any atom is -0.324 e. The summed E-state index contributed by atoms with van der Waals surface area (Å²) >= 11 is 0. The van der Waals surface area contributed by atoms with E-state index in [1.807, 2.05) is 4.57 Å². The van der Waals surface area contributed by atoms with E-state index < -0.39 is 15.1 Å². The Morgan fingerprint density at radius 2 is 2.11 bits per heavy atom.